The van der Waals surface area contributed by atoms with Crippen LogP contribution in [0.4, 0.5) is 0 Å². The SMILES string of the molecule is CC(=O)NCCc1ccc(C(=O)CSc2nc3sc(-c4ccccc4)cc3c(=O)n2C)s1. The van der Waals surface area contributed by atoms with Gasteiger partial charge in [-0.15, -0.1) is 22.7 Å². The Morgan fingerprint density at radius 3 is 2.66 bits per heavy atom. The molecule has 9 heteroatoms. The zero-order valence-electron chi connectivity index (χ0n) is 17.6. The molecule has 0 unspecified atom stereocenters. The van der Waals surface area contributed by atoms with E-state index >= 15 is 0 Å². The van der Waals surface area contributed by atoms with Crippen molar-refractivity contribution in [3.63, 3.8) is 0 Å². The molecule has 0 bridgehead atoms. The Balaban J connectivity index is 1.48. The minimum atomic E-state index is -0.111. The molecule has 1 amide bonds. The molecule has 3 aromatic heterocycles. The van der Waals surface area contributed by atoms with E-state index < -0.39 is 0 Å². The van der Waals surface area contributed by atoms with Crippen molar-refractivity contribution in [1.82, 2.24) is 14.9 Å². The smallest absolute Gasteiger partial charge is 0.262 e. The summed E-state index contributed by atoms with van der Waals surface area (Å²) in [6, 6.07) is 15.5. The predicted molar refractivity (Wildman–Crippen MR) is 132 cm³/mol. The maximum Gasteiger partial charge on any atom is 0.262 e. The van der Waals surface area contributed by atoms with E-state index in [-0.39, 0.29) is 23.0 Å². The third kappa shape index (κ3) is 5.01. The number of amides is 1. The number of aromatic nitrogens is 2. The minimum Gasteiger partial charge on any atom is -0.356 e. The standard InChI is InChI=1S/C23H21N3O3S3/c1-14(27)24-11-10-16-8-9-19(31-16)18(28)13-30-23-25-21-17(22(29)26(23)2)12-20(32-21)15-6-4-3-5-7-15/h3-9,12H,10-11,13H2,1-2H3,(H,24,27). The van der Waals surface area contributed by atoms with Crippen LogP contribution in [0.25, 0.3) is 20.7 Å². The van der Waals surface area contributed by atoms with Gasteiger partial charge in [0.15, 0.2) is 10.9 Å². The van der Waals surface area contributed by atoms with Gasteiger partial charge in [-0.1, -0.05) is 42.1 Å². The summed E-state index contributed by atoms with van der Waals surface area (Å²) in [6.45, 7) is 2.04. The van der Waals surface area contributed by atoms with Crippen LogP contribution in [0.3, 0.4) is 0 Å². The molecule has 0 aliphatic carbocycles. The Morgan fingerprint density at radius 1 is 1.12 bits per heavy atom. The lowest BCUT2D eigenvalue weighted by Crippen LogP contribution is -2.22. The van der Waals surface area contributed by atoms with Crippen LogP contribution in [-0.4, -0.2) is 33.5 Å². The fourth-order valence-corrected chi connectivity index (χ4v) is 6.12. The van der Waals surface area contributed by atoms with Crippen molar-refractivity contribution in [3.05, 3.63) is 68.6 Å². The quantitative estimate of drug-likeness (QED) is 0.229. The second kappa shape index (κ2) is 9.81. The lowest BCUT2D eigenvalue weighted by Gasteiger charge is -2.06. The molecular formula is C23H21N3O3S3. The van der Waals surface area contributed by atoms with Crippen molar-refractivity contribution in [2.75, 3.05) is 12.3 Å². The van der Waals surface area contributed by atoms with E-state index in [9.17, 15) is 14.4 Å². The van der Waals surface area contributed by atoms with Crippen molar-refractivity contribution in [1.29, 1.82) is 0 Å². The first kappa shape index (κ1) is 22.4. The molecule has 4 aromatic rings. The number of carbonyl (C=O) groups is 2. The van der Waals surface area contributed by atoms with Gasteiger partial charge < -0.3 is 5.32 Å². The van der Waals surface area contributed by atoms with Crippen LogP contribution in [0.15, 0.2) is 58.5 Å². The molecule has 6 nitrogen and oxygen atoms in total. The Morgan fingerprint density at radius 2 is 1.91 bits per heavy atom. The second-order valence-corrected chi connectivity index (χ2v) is 10.3. The van der Waals surface area contributed by atoms with Crippen LogP contribution in [0.5, 0.6) is 0 Å². The van der Waals surface area contributed by atoms with Gasteiger partial charge in [-0.25, -0.2) is 4.98 Å². The molecule has 1 aromatic carbocycles. The molecule has 0 spiro atoms. The Hall–Kier alpha value is -2.75. The maximum atomic E-state index is 12.9. The molecule has 0 saturated heterocycles. The summed E-state index contributed by atoms with van der Waals surface area (Å²) in [5.74, 6) is 0.135. The average Bonchev–Trinajstić information content (AvgIpc) is 3.43. The van der Waals surface area contributed by atoms with Crippen molar-refractivity contribution >= 4 is 56.3 Å². The number of benzene rings is 1. The molecule has 0 fully saturated rings. The van der Waals surface area contributed by atoms with Gasteiger partial charge in [-0.2, -0.15) is 0 Å². The lowest BCUT2D eigenvalue weighted by atomic mass is 10.2. The van der Waals surface area contributed by atoms with Crippen LogP contribution >= 0.6 is 34.4 Å². The van der Waals surface area contributed by atoms with Gasteiger partial charge in [0, 0.05) is 30.3 Å². The number of Topliss-reactive ketones (excluding diaryl/α,β-unsaturated/α-hetero) is 1. The second-order valence-electron chi connectivity index (χ2n) is 7.16. The maximum absolute atomic E-state index is 12.9. The van der Waals surface area contributed by atoms with E-state index in [1.807, 2.05) is 48.5 Å². The number of thioether (sulfide) groups is 1. The summed E-state index contributed by atoms with van der Waals surface area (Å²) >= 11 is 4.19. The Labute approximate surface area is 197 Å². The summed E-state index contributed by atoms with van der Waals surface area (Å²) in [6.07, 6.45) is 0.694. The third-order valence-electron chi connectivity index (χ3n) is 4.80. The monoisotopic (exact) mass is 483 g/mol. The van der Waals surface area contributed by atoms with Crippen LogP contribution in [0.2, 0.25) is 0 Å². The number of nitrogens with one attached hydrogen (secondary N) is 1. The minimum absolute atomic E-state index is 0.00345. The highest BCUT2D eigenvalue weighted by Crippen LogP contribution is 2.32. The highest BCUT2D eigenvalue weighted by atomic mass is 32.2. The summed E-state index contributed by atoms with van der Waals surface area (Å²) < 4.78 is 1.51. The van der Waals surface area contributed by atoms with E-state index in [4.69, 9.17) is 0 Å². The van der Waals surface area contributed by atoms with Crippen LogP contribution < -0.4 is 10.9 Å². The molecular weight excluding hydrogens is 462 g/mol. The van der Waals surface area contributed by atoms with E-state index in [1.54, 1.807) is 7.05 Å². The lowest BCUT2D eigenvalue weighted by molar-refractivity contribution is -0.118. The zero-order chi connectivity index (χ0) is 22.7. The van der Waals surface area contributed by atoms with Gasteiger partial charge in [0.2, 0.25) is 5.91 Å². The van der Waals surface area contributed by atoms with E-state index in [1.165, 1.54) is 45.9 Å². The fourth-order valence-electron chi connectivity index (χ4n) is 3.15. The number of thiophene rings is 2. The van der Waals surface area contributed by atoms with Gasteiger partial charge in [-0.3, -0.25) is 19.0 Å². The summed E-state index contributed by atoms with van der Waals surface area (Å²) in [5, 5.41) is 3.88. The van der Waals surface area contributed by atoms with Crippen molar-refractivity contribution in [2.45, 2.75) is 18.5 Å². The molecule has 0 radical (unpaired) electrons. The first-order chi connectivity index (χ1) is 15.4. The van der Waals surface area contributed by atoms with Crippen LogP contribution in [0.1, 0.15) is 21.5 Å². The normalized spacial score (nSPS) is 11.1. The number of nitrogens with zero attached hydrogens (tertiary/aromatic N) is 2. The Kier molecular flexibility index (Phi) is 6.88. The van der Waals surface area contributed by atoms with Gasteiger partial charge >= 0.3 is 0 Å². The van der Waals surface area contributed by atoms with Gasteiger partial charge in [0.25, 0.3) is 5.56 Å². The van der Waals surface area contributed by atoms with Crippen molar-refractivity contribution < 1.29 is 9.59 Å². The zero-order valence-corrected chi connectivity index (χ0v) is 20.0. The third-order valence-corrected chi connectivity index (χ3v) is 8.10. The number of rotatable bonds is 8. The van der Waals surface area contributed by atoms with E-state index in [0.717, 1.165) is 15.3 Å². The molecule has 1 N–H and O–H groups in total. The van der Waals surface area contributed by atoms with Gasteiger partial charge in [0.05, 0.1) is 16.0 Å². The average molecular weight is 484 g/mol. The predicted octanol–water partition coefficient (Wildman–Crippen LogP) is 4.38. The van der Waals surface area contributed by atoms with Gasteiger partial charge in [-0.05, 0) is 30.2 Å². The van der Waals surface area contributed by atoms with E-state index in [2.05, 4.69) is 10.3 Å². The first-order valence-electron chi connectivity index (χ1n) is 9.97. The number of fused-ring (bicyclic) bond motifs is 1. The highest BCUT2D eigenvalue weighted by molar-refractivity contribution is 7.99. The molecule has 4 rings (SSSR count). The summed E-state index contributed by atoms with van der Waals surface area (Å²) in [4.78, 5) is 44.6. The molecule has 164 valence electrons. The highest BCUT2D eigenvalue weighted by Gasteiger charge is 2.16. The fraction of sp³-hybridized carbons (Fsp3) is 0.217. The van der Waals surface area contributed by atoms with Gasteiger partial charge in [0.1, 0.15) is 4.83 Å². The molecule has 32 heavy (non-hydrogen) atoms. The topological polar surface area (TPSA) is 81.1 Å². The summed E-state index contributed by atoms with van der Waals surface area (Å²) in [5.41, 5.74) is 0.939. The molecule has 0 saturated carbocycles. The van der Waals surface area contributed by atoms with Crippen LogP contribution in [0, 0.1) is 0 Å². The van der Waals surface area contributed by atoms with E-state index in [0.29, 0.717) is 33.2 Å². The number of carbonyl (C=O) groups excluding carboxylic acids is 2. The number of hydrogen-bond donors (Lipinski definition) is 1. The number of ketones is 1. The van der Waals surface area contributed by atoms with Crippen molar-refractivity contribution in [2.24, 2.45) is 7.05 Å². The Bertz CT molecular complexity index is 1340. The molecule has 0 aliphatic heterocycles. The molecule has 0 atom stereocenters. The largest absolute Gasteiger partial charge is 0.356 e. The summed E-state index contributed by atoms with van der Waals surface area (Å²) in [7, 11) is 1.69. The van der Waals surface area contributed by atoms with Crippen LogP contribution in [-0.2, 0) is 18.3 Å². The first-order valence-corrected chi connectivity index (χ1v) is 12.6. The number of hydrogen-bond acceptors (Lipinski definition) is 7. The molecule has 3 heterocycles. The molecule has 0 aliphatic rings. The van der Waals surface area contributed by atoms with Crippen molar-refractivity contribution in [3.8, 4) is 10.4 Å².